The third-order valence-corrected chi connectivity index (χ3v) is 2.17. The van der Waals surface area contributed by atoms with Gasteiger partial charge in [-0.25, -0.2) is 9.37 Å². The van der Waals surface area contributed by atoms with Crippen LogP contribution >= 0.6 is 0 Å². The summed E-state index contributed by atoms with van der Waals surface area (Å²) in [6.45, 7) is 0. The van der Waals surface area contributed by atoms with Gasteiger partial charge in [0.1, 0.15) is 0 Å². The first-order valence-electron chi connectivity index (χ1n) is 4.53. The van der Waals surface area contributed by atoms with Crippen molar-refractivity contribution in [1.82, 2.24) is 4.98 Å². The van der Waals surface area contributed by atoms with Crippen molar-refractivity contribution < 1.29 is 8.78 Å². The Labute approximate surface area is 90.8 Å². The molecule has 0 saturated heterocycles. The van der Waals surface area contributed by atoms with Crippen molar-refractivity contribution in [2.45, 2.75) is 0 Å². The molecule has 1 aromatic carbocycles. The van der Waals surface area contributed by atoms with Crippen molar-refractivity contribution in [1.29, 1.82) is 5.26 Å². The van der Waals surface area contributed by atoms with Crippen LogP contribution in [0, 0.1) is 23.1 Å². The second kappa shape index (κ2) is 4.07. The molecule has 0 amide bonds. The van der Waals surface area contributed by atoms with Gasteiger partial charge in [0.2, 0.25) is 5.95 Å². The van der Waals surface area contributed by atoms with Gasteiger partial charge in [0.05, 0.1) is 11.6 Å². The molecule has 0 N–H and O–H groups in total. The van der Waals surface area contributed by atoms with Crippen molar-refractivity contribution in [3.8, 4) is 17.2 Å². The van der Waals surface area contributed by atoms with Gasteiger partial charge in [-0.2, -0.15) is 9.65 Å². The van der Waals surface area contributed by atoms with Gasteiger partial charge in [0.15, 0.2) is 5.82 Å². The van der Waals surface area contributed by atoms with E-state index in [1.54, 1.807) is 24.3 Å². The Hall–Kier alpha value is -2.28. The van der Waals surface area contributed by atoms with Crippen LogP contribution in [0.1, 0.15) is 5.56 Å². The lowest BCUT2D eigenvalue weighted by Crippen LogP contribution is -1.92. The molecule has 1 aromatic heterocycles. The van der Waals surface area contributed by atoms with Gasteiger partial charge in [-0.15, -0.1) is 0 Å². The third kappa shape index (κ3) is 1.75. The van der Waals surface area contributed by atoms with Crippen LogP contribution in [0.3, 0.4) is 0 Å². The second-order valence-electron chi connectivity index (χ2n) is 3.15. The van der Waals surface area contributed by atoms with E-state index in [-0.39, 0.29) is 5.56 Å². The molecule has 4 heteroatoms. The number of aromatic nitrogens is 1. The maximum atomic E-state index is 13.4. The lowest BCUT2D eigenvalue weighted by atomic mass is 10.1. The lowest BCUT2D eigenvalue weighted by Gasteiger charge is -2.03. The number of nitriles is 1. The predicted molar refractivity (Wildman–Crippen MR) is 54.3 cm³/mol. The van der Waals surface area contributed by atoms with Gasteiger partial charge in [0.25, 0.3) is 0 Å². The van der Waals surface area contributed by atoms with Crippen LogP contribution in [0.5, 0.6) is 0 Å². The Morgan fingerprint density at radius 3 is 2.38 bits per heavy atom. The van der Waals surface area contributed by atoms with E-state index in [9.17, 15) is 8.78 Å². The molecule has 0 aliphatic rings. The average Bonchev–Trinajstić information content (AvgIpc) is 2.33. The van der Waals surface area contributed by atoms with E-state index in [0.29, 0.717) is 11.1 Å². The second-order valence-corrected chi connectivity index (χ2v) is 3.15. The van der Waals surface area contributed by atoms with E-state index >= 15 is 0 Å². The highest BCUT2D eigenvalue weighted by molar-refractivity contribution is 5.64. The molecule has 0 saturated carbocycles. The monoisotopic (exact) mass is 216 g/mol. The minimum Gasteiger partial charge on any atom is -0.226 e. The number of rotatable bonds is 1. The summed E-state index contributed by atoms with van der Waals surface area (Å²) in [6, 6.07) is 9.57. The van der Waals surface area contributed by atoms with Gasteiger partial charge >= 0.3 is 0 Å². The number of nitrogens with zero attached hydrogens (tertiary/aromatic N) is 2. The van der Waals surface area contributed by atoms with Crippen LogP contribution in [0.25, 0.3) is 11.1 Å². The quantitative estimate of drug-likeness (QED) is 0.687. The normalized spacial score (nSPS) is 9.81. The number of pyridine rings is 1. The largest absolute Gasteiger partial charge is 0.249 e. The molecule has 1 heterocycles. The Kier molecular flexibility index (Phi) is 2.61. The summed E-state index contributed by atoms with van der Waals surface area (Å²) in [5, 5.41) is 8.60. The molecule has 0 aliphatic carbocycles. The van der Waals surface area contributed by atoms with E-state index in [1.807, 2.05) is 6.07 Å². The Balaban J connectivity index is 2.51. The Morgan fingerprint density at radius 1 is 1.06 bits per heavy atom. The van der Waals surface area contributed by atoms with E-state index in [2.05, 4.69) is 4.98 Å². The maximum absolute atomic E-state index is 13.4. The van der Waals surface area contributed by atoms with Crippen LogP contribution < -0.4 is 0 Å². The number of benzene rings is 1. The zero-order chi connectivity index (χ0) is 11.5. The summed E-state index contributed by atoms with van der Waals surface area (Å²) in [7, 11) is 0. The molecule has 0 aliphatic heterocycles. The van der Waals surface area contributed by atoms with Crippen molar-refractivity contribution in [2.75, 3.05) is 0 Å². The highest BCUT2D eigenvalue weighted by atomic mass is 19.2. The van der Waals surface area contributed by atoms with Crippen LogP contribution in [-0.4, -0.2) is 4.98 Å². The number of hydrogen-bond donors (Lipinski definition) is 0. The fourth-order valence-electron chi connectivity index (χ4n) is 1.37. The Bertz CT molecular complexity index is 556. The highest BCUT2D eigenvalue weighted by Crippen LogP contribution is 2.23. The summed E-state index contributed by atoms with van der Waals surface area (Å²) in [5.41, 5.74) is 1.12. The topological polar surface area (TPSA) is 36.7 Å². The van der Waals surface area contributed by atoms with Crippen molar-refractivity contribution in [2.24, 2.45) is 0 Å². The van der Waals surface area contributed by atoms with E-state index in [4.69, 9.17) is 5.26 Å². The maximum Gasteiger partial charge on any atom is 0.249 e. The summed E-state index contributed by atoms with van der Waals surface area (Å²) < 4.78 is 26.2. The van der Waals surface area contributed by atoms with Crippen molar-refractivity contribution in [3.63, 3.8) is 0 Å². The number of hydrogen-bond acceptors (Lipinski definition) is 2. The Morgan fingerprint density at radius 2 is 1.75 bits per heavy atom. The van der Waals surface area contributed by atoms with Crippen molar-refractivity contribution in [3.05, 3.63) is 53.9 Å². The summed E-state index contributed by atoms with van der Waals surface area (Å²) in [5.74, 6) is -2.10. The average molecular weight is 216 g/mol. The molecular formula is C12H6F2N2. The fraction of sp³-hybridized carbons (Fsp3) is 0. The third-order valence-electron chi connectivity index (χ3n) is 2.17. The molecule has 0 bridgehead atoms. The molecule has 0 fully saturated rings. The van der Waals surface area contributed by atoms with E-state index < -0.39 is 11.8 Å². The summed E-state index contributed by atoms with van der Waals surface area (Å²) >= 11 is 0. The van der Waals surface area contributed by atoms with E-state index in [0.717, 1.165) is 0 Å². The highest BCUT2D eigenvalue weighted by Gasteiger charge is 2.10. The molecule has 78 valence electrons. The smallest absolute Gasteiger partial charge is 0.226 e. The van der Waals surface area contributed by atoms with Crippen LogP contribution in [0.15, 0.2) is 36.5 Å². The molecule has 2 rings (SSSR count). The van der Waals surface area contributed by atoms with Gasteiger partial charge < -0.3 is 0 Å². The molecular weight excluding hydrogens is 210 g/mol. The van der Waals surface area contributed by atoms with Crippen LogP contribution in [0.4, 0.5) is 8.78 Å². The summed E-state index contributed by atoms with van der Waals surface area (Å²) in [6.07, 6.45) is 1.20. The minimum absolute atomic E-state index is 0.136. The lowest BCUT2D eigenvalue weighted by molar-refractivity contribution is 0.482. The van der Waals surface area contributed by atoms with Gasteiger partial charge in [0, 0.05) is 11.8 Å². The SMILES string of the molecule is N#Cc1ccc(-c2ccnc(F)c2F)cc1. The van der Waals surface area contributed by atoms with Gasteiger partial charge in [-0.3, -0.25) is 0 Å². The van der Waals surface area contributed by atoms with Gasteiger partial charge in [-0.05, 0) is 23.8 Å². The van der Waals surface area contributed by atoms with Crippen LogP contribution in [-0.2, 0) is 0 Å². The molecule has 2 aromatic rings. The van der Waals surface area contributed by atoms with E-state index in [1.165, 1.54) is 12.3 Å². The summed E-state index contributed by atoms with van der Waals surface area (Å²) in [4.78, 5) is 3.20. The van der Waals surface area contributed by atoms with Crippen LogP contribution in [0.2, 0.25) is 0 Å². The first kappa shape index (κ1) is 10.2. The van der Waals surface area contributed by atoms with Gasteiger partial charge in [-0.1, -0.05) is 12.1 Å². The zero-order valence-corrected chi connectivity index (χ0v) is 8.11. The first-order chi connectivity index (χ1) is 7.72. The fourth-order valence-corrected chi connectivity index (χ4v) is 1.37. The molecule has 0 spiro atoms. The molecule has 0 atom stereocenters. The molecule has 0 radical (unpaired) electrons. The minimum atomic E-state index is -1.12. The van der Waals surface area contributed by atoms with Crippen molar-refractivity contribution >= 4 is 0 Å². The number of halogens is 2. The molecule has 2 nitrogen and oxygen atoms in total. The first-order valence-corrected chi connectivity index (χ1v) is 4.53. The predicted octanol–water partition coefficient (Wildman–Crippen LogP) is 2.90. The molecule has 16 heavy (non-hydrogen) atoms. The zero-order valence-electron chi connectivity index (χ0n) is 8.11. The molecule has 0 unspecified atom stereocenters. The standard InChI is InChI=1S/C12H6F2N2/c13-11-10(5-6-16-12(11)14)9-3-1-8(7-15)2-4-9/h1-6H.